The molecule has 0 amide bonds. The number of nitrogen functional groups attached to an aromatic ring is 1. The highest BCUT2D eigenvalue weighted by Gasteiger charge is 2.09. The molecular formula is C11H10BrN5O2. The summed E-state index contributed by atoms with van der Waals surface area (Å²) in [5.74, 6) is 5.29. The summed E-state index contributed by atoms with van der Waals surface area (Å²) in [6.45, 7) is 0. The molecule has 0 unspecified atom stereocenters. The Kier molecular flexibility index (Phi) is 3.93. The zero-order valence-electron chi connectivity index (χ0n) is 9.63. The van der Waals surface area contributed by atoms with E-state index in [0.29, 0.717) is 17.1 Å². The van der Waals surface area contributed by atoms with Gasteiger partial charge in [0.15, 0.2) is 0 Å². The van der Waals surface area contributed by atoms with Gasteiger partial charge in [-0.15, -0.1) is 0 Å². The molecule has 0 saturated heterocycles. The molecule has 19 heavy (non-hydrogen) atoms. The fourth-order valence-corrected chi connectivity index (χ4v) is 1.88. The summed E-state index contributed by atoms with van der Waals surface area (Å²) in [4.78, 5) is 14.3. The third-order valence-electron chi connectivity index (χ3n) is 2.29. The molecule has 8 heteroatoms. The van der Waals surface area contributed by atoms with Crippen LogP contribution < -0.4 is 16.6 Å². The van der Waals surface area contributed by atoms with Gasteiger partial charge in [0.25, 0.3) is 5.69 Å². The maximum Gasteiger partial charge on any atom is 0.273 e. The van der Waals surface area contributed by atoms with Crippen molar-refractivity contribution in [2.45, 2.75) is 0 Å². The molecule has 2 aromatic rings. The first-order chi connectivity index (χ1) is 9.08. The number of nitrogens with one attached hydrogen (secondary N) is 2. The summed E-state index contributed by atoms with van der Waals surface area (Å²) in [7, 11) is 0. The average molecular weight is 324 g/mol. The number of nitrogens with zero attached hydrogens (tertiary/aromatic N) is 2. The van der Waals surface area contributed by atoms with Crippen LogP contribution in [-0.4, -0.2) is 9.91 Å². The van der Waals surface area contributed by atoms with Crippen molar-refractivity contribution < 1.29 is 4.92 Å². The van der Waals surface area contributed by atoms with E-state index in [0.717, 1.165) is 4.47 Å². The van der Waals surface area contributed by atoms with Gasteiger partial charge in [0.05, 0.1) is 22.5 Å². The first kappa shape index (κ1) is 13.2. The van der Waals surface area contributed by atoms with Crippen molar-refractivity contribution in [1.82, 2.24) is 4.98 Å². The van der Waals surface area contributed by atoms with Crippen LogP contribution in [0.3, 0.4) is 0 Å². The van der Waals surface area contributed by atoms with E-state index in [2.05, 4.69) is 31.7 Å². The summed E-state index contributed by atoms with van der Waals surface area (Å²) >= 11 is 3.30. The van der Waals surface area contributed by atoms with E-state index < -0.39 is 4.92 Å². The van der Waals surface area contributed by atoms with Crippen LogP contribution in [0.1, 0.15) is 0 Å². The van der Waals surface area contributed by atoms with Gasteiger partial charge in [0.1, 0.15) is 0 Å². The highest BCUT2D eigenvalue weighted by molar-refractivity contribution is 9.10. The van der Waals surface area contributed by atoms with Crippen LogP contribution >= 0.6 is 15.9 Å². The molecule has 0 bridgehead atoms. The quantitative estimate of drug-likeness (QED) is 0.454. The van der Waals surface area contributed by atoms with Crippen molar-refractivity contribution in [3.63, 3.8) is 0 Å². The minimum absolute atomic E-state index is 0.0547. The number of hydrogen-bond acceptors (Lipinski definition) is 6. The van der Waals surface area contributed by atoms with Gasteiger partial charge in [-0.25, -0.2) is 0 Å². The van der Waals surface area contributed by atoms with Crippen molar-refractivity contribution in [3.05, 3.63) is 51.2 Å². The zero-order chi connectivity index (χ0) is 13.8. The molecule has 0 fully saturated rings. The standard InChI is InChI=1S/C11H10BrN5O2/c12-7-1-10(6-14-5-7)15-8-2-9(16-13)4-11(3-8)17(18)19/h1-6,15-16H,13H2. The maximum absolute atomic E-state index is 10.8. The smallest absolute Gasteiger partial charge is 0.273 e. The van der Waals surface area contributed by atoms with Gasteiger partial charge < -0.3 is 10.7 Å². The molecule has 98 valence electrons. The highest BCUT2D eigenvalue weighted by Crippen LogP contribution is 2.26. The molecule has 0 atom stereocenters. The molecule has 1 heterocycles. The Morgan fingerprint density at radius 1 is 1.16 bits per heavy atom. The monoisotopic (exact) mass is 323 g/mol. The topological polar surface area (TPSA) is 106 Å². The molecule has 0 aliphatic rings. The number of aromatic nitrogens is 1. The van der Waals surface area contributed by atoms with E-state index in [4.69, 9.17) is 5.84 Å². The minimum Gasteiger partial charge on any atom is -0.354 e. The van der Waals surface area contributed by atoms with Crippen LogP contribution in [0.25, 0.3) is 0 Å². The second kappa shape index (κ2) is 5.63. The molecule has 1 aromatic heterocycles. The maximum atomic E-state index is 10.8. The fraction of sp³-hybridized carbons (Fsp3) is 0. The second-order valence-corrected chi connectivity index (χ2v) is 4.60. The molecule has 4 N–H and O–H groups in total. The van der Waals surface area contributed by atoms with E-state index in [-0.39, 0.29) is 5.69 Å². The van der Waals surface area contributed by atoms with E-state index >= 15 is 0 Å². The second-order valence-electron chi connectivity index (χ2n) is 3.69. The molecule has 0 spiro atoms. The van der Waals surface area contributed by atoms with Gasteiger partial charge in [-0.2, -0.15) is 0 Å². The molecule has 1 aromatic carbocycles. The van der Waals surface area contributed by atoms with Crippen LogP contribution in [0.5, 0.6) is 0 Å². The lowest BCUT2D eigenvalue weighted by Gasteiger charge is -2.08. The van der Waals surface area contributed by atoms with Crippen LogP contribution in [-0.2, 0) is 0 Å². The number of rotatable bonds is 4. The Balaban J connectivity index is 2.34. The van der Waals surface area contributed by atoms with E-state index in [1.807, 2.05) is 0 Å². The Labute approximate surface area is 117 Å². The molecule has 0 aliphatic carbocycles. The summed E-state index contributed by atoms with van der Waals surface area (Å²) < 4.78 is 0.806. The zero-order valence-corrected chi connectivity index (χ0v) is 11.2. The summed E-state index contributed by atoms with van der Waals surface area (Å²) in [6.07, 6.45) is 3.25. The van der Waals surface area contributed by atoms with E-state index in [9.17, 15) is 10.1 Å². The van der Waals surface area contributed by atoms with Gasteiger partial charge in [0, 0.05) is 28.5 Å². The van der Waals surface area contributed by atoms with Crippen LogP contribution in [0.15, 0.2) is 41.1 Å². The Hall–Kier alpha value is -2.19. The SMILES string of the molecule is NNc1cc(Nc2cncc(Br)c2)cc([N+](=O)[O-])c1. The summed E-state index contributed by atoms with van der Waals surface area (Å²) in [6, 6.07) is 6.24. The third kappa shape index (κ3) is 3.39. The Morgan fingerprint density at radius 2 is 1.89 bits per heavy atom. The number of pyridine rings is 1. The predicted molar refractivity (Wildman–Crippen MR) is 76.1 cm³/mol. The number of nitro groups is 1. The van der Waals surface area contributed by atoms with Gasteiger partial charge >= 0.3 is 0 Å². The van der Waals surface area contributed by atoms with Crippen LogP contribution in [0.2, 0.25) is 0 Å². The van der Waals surface area contributed by atoms with Crippen molar-refractivity contribution in [2.24, 2.45) is 5.84 Å². The average Bonchev–Trinajstić information content (AvgIpc) is 2.38. The first-order valence-electron chi connectivity index (χ1n) is 5.22. The van der Waals surface area contributed by atoms with Crippen molar-refractivity contribution in [3.8, 4) is 0 Å². The molecular weight excluding hydrogens is 314 g/mol. The number of nitro benzene ring substituents is 1. The fourth-order valence-electron chi connectivity index (χ4n) is 1.52. The molecule has 0 saturated carbocycles. The van der Waals surface area contributed by atoms with Crippen LogP contribution in [0, 0.1) is 10.1 Å². The predicted octanol–water partition coefficient (Wildman–Crippen LogP) is 2.78. The van der Waals surface area contributed by atoms with Gasteiger partial charge in [0.2, 0.25) is 0 Å². The van der Waals surface area contributed by atoms with E-state index in [1.165, 1.54) is 12.1 Å². The molecule has 0 aliphatic heterocycles. The van der Waals surface area contributed by atoms with Crippen molar-refractivity contribution in [2.75, 3.05) is 10.7 Å². The lowest BCUT2D eigenvalue weighted by Crippen LogP contribution is -2.07. The number of hydrogen-bond donors (Lipinski definition) is 3. The Morgan fingerprint density at radius 3 is 2.53 bits per heavy atom. The Bertz CT molecular complexity index is 620. The van der Waals surface area contributed by atoms with Crippen molar-refractivity contribution in [1.29, 1.82) is 0 Å². The largest absolute Gasteiger partial charge is 0.354 e. The van der Waals surface area contributed by atoms with Gasteiger partial charge in [-0.1, -0.05) is 0 Å². The van der Waals surface area contributed by atoms with E-state index in [1.54, 1.807) is 24.5 Å². The minimum atomic E-state index is -0.481. The van der Waals surface area contributed by atoms with Gasteiger partial charge in [-0.05, 0) is 28.1 Å². The molecule has 7 nitrogen and oxygen atoms in total. The molecule has 0 radical (unpaired) electrons. The lowest BCUT2D eigenvalue weighted by atomic mass is 10.2. The van der Waals surface area contributed by atoms with Crippen molar-refractivity contribution >= 4 is 38.7 Å². The number of hydrazine groups is 1. The number of benzene rings is 1. The number of halogens is 1. The first-order valence-corrected chi connectivity index (χ1v) is 6.01. The normalized spacial score (nSPS) is 10.0. The summed E-state index contributed by atoms with van der Waals surface area (Å²) in [5.41, 5.74) is 4.03. The number of non-ortho nitro benzene ring substituents is 1. The number of nitrogens with two attached hydrogens (primary N) is 1. The lowest BCUT2D eigenvalue weighted by molar-refractivity contribution is -0.384. The third-order valence-corrected chi connectivity index (χ3v) is 2.72. The molecule has 2 rings (SSSR count). The van der Waals surface area contributed by atoms with Crippen LogP contribution in [0.4, 0.5) is 22.7 Å². The number of anilines is 3. The highest BCUT2D eigenvalue weighted by atomic mass is 79.9. The summed E-state index contributed by atoms with van der Waals surface area (Å²) in [5, 5.41) is 13.8. The van der Waals surface area contributed by atoms with Gasteiger partial charge in [-0.3, -0.25) is 20.9 Å².